The molecule has 1 aliphatic rings. The smallest absolute Gasteiger partial charge is 0.220 e. The van der Waals surface area contributed by atoms with Crippen LogP contribution in [0.15, 0.2) is 24.5 Å². The molecule has 1 aromatic rings. The van der Waals surface area contributed by atoms with Gasteiger partial charge in [-0.1, -0.05) is 0 Å². The van der Waals surface area contributed by atoms with Crippen molar-refractivity contribution in [3.8, 4) is 0 Å². The summed E-state index contributed by atoms with van der Waals surface area (Å²) in [4.78, 5) is 14.1. The van der Waals surface area contributed by atoms with E-state index >= 15 is 0 Å². The van der Waals surface area contributed by atoms with Gasteiger partial charge in [0.25, 0.3) is 0 Å². The van der Waals surface area contributed by atoms with E-state index in [1.807, 2.05) is 24.5 Å². The highest BCUT2D eigenvalue weighted by Crippen LogP contribution is 2.19. The molecule has 0 radical (unpaired) electrons. The molecule has 2 heterocycles. The Balaban J connectivity index is 1.56. The van der Waals surface area contributed by atoms with Crippen molar-refractivity contribution >= 4 is 5.91 Å². The van der Waals surface area contributed by atoms with Gasteiger partial charge < -0.3 is 14.8 Å². The number of nitrogens with zero attached hydrogens (tertiary/aromatic N) is 2. The van der Waals surface area contributed by atoms with Crippen LogP contribution in [0.25, 0.3) is 0 Å². The molecule has 4 heteroatoms. The molecule has 1 aliphatic heterocycles. The second-order valence-electron chi connectivity index (χ2n) is 5.58. The standard InChI is InChI=1S/C15H25N3O/c1-17-9-4-5-14(13-17)6-7-15(19)16-8-12-18-10-2-3-11-18/h2-3,10-11,14H,4-9,12-13H2,1H3,(H,16,19)/t14-/m1/s1. The minimum Gasteiger partial charge on any atom is -0.354 e. The highest BCUT2D eigenvalue weighted by molar-refractivity contribution is 5.75. The molecule has 2 rings (SSSR count). The van der Waals surface area contributed by atoms with Gasteiger partial charge in [0.05, 0.1) is 0 Å². The fraction of sp³-hybridized carbons (Fsp3) is 0.667. The van der Waals surface area contributed by atoms with Crippen LogP contribution in [-0.2, 0) is 11.3 Å². The molecule has 1 aromatic heterocycles. The molecular formula is C15H25N3O. The third kappa shape index (κ3) is 5.07. The third-order valence-corrected chi connectivity index (χ3v) is 3.86. The molecule has 4 nitrogen and oxygen atoms in total. The summed E-state index contributed by atoms with van der Waals surface area (Å²) in [5.41, 5.74) is 0. The lowest BCUT2D eigenvalue weighted by atomic mass is 9.93. The molecule has 1 N–H and O–H groups in total. The topological polar surface area (TPSA) is 37.3 Å². The number of likely N-dealkylation sites (tertiary alicyclic amines) is 1. The van der Waals surface area contributed by atoms with Gasteiger partial charge in [-0.05, 0) is 50.9 Å². The molecule has 0 spiro atoms. The minimum absolute atomic E-state index is 0.195. The Morgan fingerprint density at radius 2 is 2.16 bits per heavy atom. The van der Waals surface area contributed by atoms with E-state index in [2.05, 4.69) is 21.8 Å². The number of carbonyl (C=O) groups excluding carboxylic acids is 1. The van der Waals surface area contributed by atoms with Crippen molar-refractivity contribution in [1.29, 1.82) is 0 Å². The van der Waals surface area contributed by atoms with Crippen LogP contribution in [0.2, 0.25) is 0 Å². The Labute approximate surface area is 115 Å². The molecule has 106 valence electrons. The van der Waals surface area contributed by atoms with Gasteiger partial charge >= 0.3 is 0 Å². The number of amides is 1. The average Bonchev–Trinajstić information content (AvgIpc) is 2.90. The summed E-state index contributed by atoms with van der Waals surface area (Å²) in [6.45, 7) is 3.93. The predicted molar refractivity (Wildman–Crippen MR) is 76.9 cm³/mol. The van der Waals surface area contributed by atoms with Gasteiger partial charge in [0.2, 0.25) is 5.91 Å². The Bertz CT molecular complexity index is 375. The Morgan fingerprint density at radius 1 is 1.37 bits per heavy atom. The van der Waals surface area contributed by atoms with E-state index in [-0.39, 0.29) is 5.91 Å². The van der Waals surface area contributed by atoms with Gasteiger partial charge in [-0.2, -0.15) is 0 Å². The molecule has 0 saturated carbocycles. The summed E-state index contributed by atoms with van der Waals surface area (Å²) >= 11 is 0. The molecule has 19 heavy (non-hydrogen) atoms. The SMILES string of the molecule is CN1CCC[C@H](CCC(=O)NCCn2cccc2)C1. The lowest BCUT2D eigenvalue weighted by Gasteiger charge is -2.29. The highest BCUT2D eigenvalue weighted by atomic mass is 16.1. The first kappa shape index (κ1) is 14.1. The molecule has 0 bridgehead atoms. The summed E-state index contributed by atoms with van der Waals surface area (Å²) in [7, 11) is 2.17. The van der Waals surface area contributed by atoms with E-state index in [1.165, 1.54) is 19.4 Å². The molecule has 1 atom stereocenters. The largest absolute Gasteiger partial charge is 0.354 e. The fourth-order valence-electron chi connectivity index (χ4n) is 2.78. The zero-order valence-corrected chi connectivity index (χ0v) is 11.8. The maximum Gasteiger partial charge on any atom is 0.220 e. The number of nitrogens with one attached hydrogen (secondary N) is 1. The summed E-state index contributed by atoms with van der Waals surface area (Å²) in [6, 6.07) is 4.00. The summed E-state index contributed by atoms with van der Waals surface area (Å²) in [5.74, 6) is 0.898. The van der Waals surface area contributed by atoms with E-state index in [1.54, 1.807) is 0 Å². The van der Waals surface area contributed by atoms with E-state index < -0.39 is 0 Å². The van der Waals surface area contributed by atoms with E-state index in [0.29, 0.717) is 12.3 Å². The zero-order chi connectivity index (χ0) is 13.5. The van der Waals surface area contributed by atoms with Gasteiger partial charge in [0.1, 0.15) is 0 Å². The molecule has 0 aliphatic carbocycles. The molecule has 0 unspecified atom stereocenters. The van der Waals surface area contributed by atoms with Crippen LogP contribution in [-0.4, -0.2) is 42.1 Å². The van der Waals surface area contributed by atoms with Crippen LogP contribution in [0.4, 0.5) is 0 Å². The lowest BCUT2D eigenvalue weighted by molar-refractivity contribution is -0.121. The Kier molecular flexibility index (Phi) is 5.45. The van der Waals surface area contributed by atoms with Crippen LogP contribution < -0.4 is 5.32 Å². The average molecular weight is 263 g/mol. The van der Waals surface area contributed by atoms with Crippen molar-refractivity contribution in [3.05, 3.63) is 24.5 Å². The van der Waals surface area contributed by atoms with Crippen molar-refractivity contribution in [3.63, 3.8) is 0 Å². The van der Waals surface area contributed by atoms with Crippen LogP contribution in [0.5, 0.6) is 0 Å². The number of piperidine rings is 1. The number of carbonyl (C=O) groups is 1. The second-order valence-corrected chi connectivity index (χ2v) is 5.58. The van der Waals surface area contributed by atoms with Gasteiger partial charge in [0, 0.05) is 38.4 Å². The normalized spacial score (nSPS) is 20.4. The summed E-state index contributed by atoms with van der Waals surface area (Å²) < 4.78 is 2.08. The molecule has 1 amide bonds. The first-order valence-corrected chi connectivity index (χ1v) is 7.30. The Hall–Kier alpha value is -1.29. The fourth-order valence-corrected chi connectivity index (χ4v) is 2.78. The maximum atomic E-state index is 11.8. The van der Waals surface area contributed by atoms with Crippen molar-refractivity contribution in [2.75, 3.05) is 26.7 Å². The monoisotopic (exact) mass is 263 g/mol. The number of rotatable bonds is 6. The van der Waals surface area contributed by atoms with Gasteiger partial charge in [0.15, 0.2) is 0 Å². The summed E-state index contributed by atoms with van der Waals surface area (Å²) in [5, 5.41) is 3.00. The van der Waals surface area contributed by atoms with E-state index in [0.717, 1.165) is 26.1 Å². The van der Waals surface area contributed by atoms with E-state index in [4.69, 9.17) is 0 Å². The van der Waals surface area contributed by atoms with Crippen LogP contribution in [0.3, 0.4) is 0 Å². The highest BCUT2D eigenvalue weighted by Gasteiger charge is 2.17. The molecule has 0 aromatic carbocycles. The summed E-state index contributed by atoms with van der Waals surface area (Å²) in [6.07, 6.45) is 8.29. The Morgan fingerprint density at radius 3 is 2.89 bits per heavy atom. The third-order valence-electron chi connectivity index (χ3n) is 3.86. The van der Waals surface area contributed by atoms with Crippen molar-refractivity contribution in [2.45, 2.75) is 32.2 Å². The van der Waals surface area contributed by atoms with Crippen LogP contribution in [0.1, 0.15) is 25.7 Å². The quantitative estimate of drug-likeness (QED) is 0.848. The maximum absolute atomic E-state index is 11.8. The molecule has 1 saturated heterocycles. The van der Waals surface area contributed by atoms with Crippen molar-refractivity contribution < 1.29 is 4.79 Å². The van der Waals surface area contributed by atoms with Crippen molar-refractivity contribution in [2.24, 2.45) is 5.92 Å². The predicted octanol–water partition coefficient (Wildman–Crippen LogP) is 1.73. The first-order chi connectivity index (χ1) is 9.24. The second kappa shape index (κ2) is 7.34. The number of hydrogen-bond donors (Lipinski definition) is 1. The van der Waals surface area contributed by atoms with Crippen molar-refractivity contribution in [1.82, 2.24) is 14.8 Å². The number of aromatic nitrogens is 1. The zero-order valence-electron chi connectivity index (χ0n) is 11.8. The lowest BCUT2D eigenvalue weighted by Crippen LogP contribution is -2.33. The van der Waals surface area contributed by atoms with Gasteiger partial charge in [-0.3, -0.25) is 4.79 Å². The van der Waals surface area contributed by atoms with Gasteiger partial charge in [-0.25, -0.2) is 0 Å². The molecular weight excluding hydrogens is 238 g/mol. The first-order valence-electron chi connectivity index (χ1n) is 7.30. The molecule has 1 fully saturated rings. The minimum atomic E-state index is 0.195. The van der Waals surface area contributed by atoms with E-state index in [9.17, 15) is 4.79 Å². The van der Waals surface area contributed by atoms with Crippen LogP contribution >= 0.6 is 0 Å². The number of hydrogen-bond acceptors (Lipinski definition) is 2. The van der Waals surface area contributed by atoms with Crippen LogP contribution in [0, 0.1) is 5.92 Å². The van der Waals surface area contributed by atoms with Gasteiger partial charge in [-0.15, -0.1) is 0 Å².